The van der Waals surface area contributed by atoms with Gasteiger partial charge in [-0.25, -0.2) is 4.79 Å². The van der Waals surface area contributed by atoms with Gasteiger partial charge in [-0.1, -0.05) is 25.2 Å². The molecular formula is C36H37N5O9Si. The third-order valence-corrected chi connectivity index (χ3v) is 12.4. The van der Waals surface area contributed by atoms with Crippen LogP contribution >= 0.6 is 0 Å². The summed E-state index contributed by atoms with van der Waals surface area (Å²) in [7, 11) is -2.32. The minimum Gasteiger partial charge on any atom is -0.478 e. The fraction of sp³-hybridized carbons (Fsp3) is 0.250. The number of nitrogens with two attached hydrogens (primary N) is 1. The molecule has 1 amide bonds. The van der Waals surface area contributed by atoms with E-state index in [1.165, 1.54) is 24.3 Å². The third-order valence-electron chi connectivity index (χ3n) is 8.85. The fourth-order valence-electron chi connectivity index (χ4n) is 6.31. The lowest BCUT2D eigenvalue weighted by Crippen LogP contribution is -2.49. The molecule has 0 unspecified atom stereocenters. The topological polar surface area (TPSA) is 221 Å². The number of nitrogen functional groups attached to an aromatic ring is 1. The predicted octanol–water partition coefficient (Wildman–Crippen LogP) is 4.97. The number of non-ortho nitro benzene ring substituents is 1. The Balaban J connectivity index is 1.18. The summed E-state index contributed by atoms with van der Waals surface area (Å²) in [6, 6.07) is 13.7. The van der Waals surface area contributed by atoms with E-state index < -0.39 is 29.8 Å². The molecule has 0 spiro atoms. The van der Waals surface area contributed by atoms with Gasteiger partial charge in [0, 0.05) is 36.0 Å². The van der Waals surface area contributed by atoms with Crippen LogP contribution in [0.5, 0.6) is 0 Å². The minimum atomic E-state index is -2.32. The Labute approximate surface area is 294 Å². The fourth-order valence-corrected chi connectivity index (χ4v) is 9.41. The van der Waals surface area contributed by atoms with Crippen molar-refractivity contribution in [1.82, 2.24) is 5.32 Å². The Bertz CT molecular complexity index is 2040. The number of hydrogen-bond donors (Lipinski definition) is 4. The first kappa shape index (κ1) is 36.5. The monoisotopic (exact) mass is 711 g/mol. The van der Waals surface area contributed by atoms with Crippen LogP contribution in [0.1, 0.15) is 43.8 Å². The van der Waals surface area contributed by atoms with Gasteiger partial charge >= 0.3 is 5.97 Å². The van der Waals surface area contributed by atoms with Gasteiger partial charge in [0.25, 0.3) is 17.3 Å². The van der Waals surface area contributed by atoms with E-state index in [1.54, 1.807) is 18.2 Å². The maximum absolute atomic E-state index is 13.2. The van der Waals surface area contributed by atoms with Crippen molar-refractivity contribution >= 4 is 53.5 Å². The van der Waals surface area contributed by atoms with E-state index in [9.17, 15) is 34.9 Å². The summed E-state index contributed by atoms with van der Waals surface area (Å²) in [5, 5.41) is 45.5. The maximum atomic E-state index is 13.2. The van der Waals surface area contributed by atoms with Crippen molar-refractivity contribution in [2.45, 2.75) is 25.9 Å². The molecule has 0 atom stereocenters. The number of amides is 1. The third kappa shape index (κ3) is 8.01. The zero-order valence-electron chi connectivity index (χ0n) is 28.1. The molecule has 15 heteroatoms. The number of nitro benzene ring substituents is 2. The quantitative estimate of drug-likeness (QED) is 0.0545. The second-order valence-corrected chi connectivity index (χ2v) is 16.9. The number of rotatable bonds is 15. The molecule has 51 heavy (non-hydrogen) atoms. The number of anilines is 1. The molecular weight excluding hydrogens is 675 g/mol. The number of carboxylic acids is 1. The van der Waals surface area contributed by atoms with Crippen molar-refractivity contribution in [3.05, 3.63) is 132 Å². The van der Waals surface area contributed by atoms with Crippen molar-refractivity contribution in [2.24, 2.45) is 0 Å². The van der Waals surface area contributed by atoms with Crippen LogP contribution in [0.4, 0.5) is 17.1 Å². The Kier molecular flexibility index (Phi) is 11.0. The predicted molar refractivity (Wildman–Crippen MR) is 194 cm³/mol. The van der Waals surface area contributed by atoms with Gasteiger partial charge in [-0.3, -0.25) is 25.0 Å². The molecule has 0 saturated carbocycles. The van der Waals surface area contributed by atoms with Gasteiger partial charge in [0.15, 0.2) is 0 Å². The lowest BCUT2D eigenvalue weighted by atomic mass is 9.86. The number of allylic oxidation sites excluding steroid dienone is 5. The first-order valence-corrected chi connectivity index (χ1v) is 19.2. The molecule has 3 aromatic carbocycles. The number of aryl methyl sites for hydroxylation is 1. The number of hydrogen-bond acceptors (Lipinski definition) is 10. The number of carbonyl (C=O) groups is 2. The summed E-state index contributed by atoms with van der Waals surface area (Å²) in [6.07, 6.45) is 6.16. The number of nitro groups is 2. The Morgan fingerprint density at radius 1 is 0.922 bits per heavy atom. The molecule has 0 aromatic heterocycles. The molecule has 264 valence electrons. The van der Waals surface area contributed by atoms with Crippen LogP contribution in [0.2, 0.25) is 13.1 Å². The molecule has 5 rings (SSSR count). The van der Waals surface area contributed by atoms with Crippen LogP contribution in [-0.2, 0) is 15.9 Å². The summed E-state index contributed by atoms with van der Waals surface area (Å²) >= 11 is 0. The van der Waals surface area contributed by atoms with Crippen LogP contribution in [0, 0.1) is 25.6 Å². The average molecular weight is 712 g/mol. The Hall–Kier alpha value is -5.77. The van der Waals surface area contributed by atoms with Gasteiger partial charge < -0.3 is 31.0 Å². The summed E-state index contributed by atoms with van der Waals surface area (Å²) in [5.41, 5.74) is 9.97. The van der Waals surface area contributed by atoms with Crippen LogP contribution in [0.15, 0.2) is 83.6 Å². The average Bonchev–Trinajstić information content (AvgIpc) is 3.09. The van der Waals surface area contributed by atoms with E-state index >= 15 is 0 Å². The lowest BCUT2D eigenvalue weighted by Gasteiger charge is -2.38. The van der Waals surface area contributed by atoms with Gasteiger partial charge in [0.1, 0.15) is 8.07 Å². The molecule has 1 heterocycles. The highest BCUT2D eigenvalue weighted by Gasteiger charge is 2.40. The van der Waals surface area contributed by atoms with Crippen LogP contribution in [0.3, 0.4) is 0 Å². The standard InChI is InChI=1S/C36H37N5O9Si/c1-51(2)32-19-24(37)7-11-28(32)34(29-12-8-25(38)20-33(29)51)30-18-23(6-10-27(30)36(43)44)35(42)39-13-15-50-17-16-49-14-3-4-22-5-9-26(40(45)46)21-31(22)41(47)48/h5-12,18-21,37H,3-4,13-17,38H2,1-2H3,(H,39,42)(H,43,44). The van der Waals surface area contributed by atoms with Crippen molar-refractivity contribution < 1.29 is 34.0 Å². The molecule has 14 nitrogen and oxygen atoms in total. The number of carboxylic acid groups (broad SMARTS) is 1. The highest BCUT2D eigenvalue weighted by atomic mass is 28.3. The first-order valence-electron chi connectivity index (χ1n) is 16.2. The second-order valence-electron chi connectivity index (χ2n) is 12.5. The molecule has 0 radical (unpaired) electrons. The number of carbonyl (C=O) groups excluding carboxylic acids is 1. The molecule has 1 aliphatic heterocycles. The molecule has 2 aliphatic rings. The van der Waals surface area contributed by atoms with Crippen molar-refractivity contribution in [1.29, 1.82) is 5.41 Å². The van der Waals surface area contributed by atoms with Gasteiger partial charge in [-0.05, 0) is 94.0 Å². The molecule has 3 aromatic rings. The molecule has 0 fully saturated rings. The van der Waals surface area contributed by atoms with Gasteiger partial charge in [-0.2, -0.15) is 0 Å². The molecule has 1 aliphatic carbocycles. The molecule has 5 N–H and O–H groups in total. The van der Waals surface area contributed by atoms with Crippen molar-refractivity contribution in [3.8, 4) is 0 Å². The zero-order valence-corrected chi connectivity index (χ0v) is 29.1. The largest absolute Gasteiger partial charge is 0.478 e. The number of fused-ring (bicyclic) bond motifs is 2. The summed E-state index contributed by atoms with van der Waals surface area (Å²) < 4.78 is 11.1. The number of ether oxygens (including phenoxy) is 2. The van der Waals surface area contributed by atoms with E-state index in [0.29, 0.717) is 47.5 Å². The highest BCUT2D eigenvalue weighted by molar-refractivity contribution is 6.98. The Morgan fingerprint density at radius 2 is 1.67 bits per heavy atom. The lowest BCUT2D eigenvalue weighted by molar-refractivity contribution is -0.394. The van der Waals surface area contributed by atoms with Crippen molar-refractivity contribution in [3.63, 3.8) is 0 Å². The van der Waals surface area contributed by atoms with E-state index in [0.717, 1.165) is 27.6 Å². The molecule has 0 bridgehead atoms. The van der Waals surface area contributed by atoms with Crippen LogP contribution in [0.25, 0.3) is 5.57 Å². The van der Waals surface area contributed by atoms with Gasteiger partial charge in [0.05, 0.1) is 47.0 Å². The van der Waals surface area contributed by atoms with E-state index in [4.69, 9.17) is 20.6 Å². The number of nitrogens with zero attached hydrogens (tertiary/aromatic N) is 2. The molecule has 0 saturated heterocycles. The smallest absolute Gasteiger partial charge is 0.336 e. The number of nitrogens with one attached hydrogen (secondary N) is 2. The zero-order chi connectivity index (χ0) is 36.9. The van der Waals surface area contributed by atoms with Crippen molar-refractivity contribution in [2.75, 3.05) is 38.7 Å². The highest BCUT2D eigenvalue weighted by Crippen LogP contribution is 2.42. The van der Waals surface area contributed by atoms with Gasteiger partial charge in [-0.15, -0.1) is 0 Å². The van der Waals surface area contributed by atoms with Gasteiger partial charge in [0.2, 0.25) is 0 Å². The summed E-state index contributed by atoms with van der Waals surface area (Å²) in [5.74, 6) is -1.54. The minimum absolute atomic E-state index is 0.0425. The summed E-state index contributed by atoms with van der Waals surface area (Å²) in [6.45, 7) is 5.53. The number of benzene rings is 3. The maximum Gasteiger partial charge on any atom is 0.336 e. The van der Waals surface area contributed by atoms with E-state index in [2.05, 4.69) is 18.4 Å². The summed E-state index contributed by atoms with van der Waals surface area (Å²) in [4.78, 5) is 46.6. The second kappa shape index (κ2) is 15.4. The SMILES string of the molecule is C[Si]1(C)C2=CC(=N)C=CC2=C(c2cc(C(=O)NCCOCCOCCCc3ccc([N+](=O)[O-])cc3[N+](=O)[O-])ccc2C(=O)O)c2ccc(N)cc21. The normalized spacial score (nSPS) is 14.4. The first-order chi connectivity index (χ1) is 24.3. The van der Waals surface area contributed by atoms with E-state index in [1.807, 2.05) is 24.3 Å². The van der Waals surface area contributed by atoms with Crippen LogP contribution in [-0.4, -0.2) is 73.6 Å². The van der Waals surface area contributed by atoms with Crippen LogP contribution < -0.4 is 16.2 Å². The Morgan fingerprint density at radius 3 is 2.37 bits per heavy atom. The number of aromatic carboxylic acids is 1. The van der Waals surface area contributed by atoms with E-state index in [-0.39, 0.29) is 48.9 Å².